The van der Waals surface area contributed by atoms with Gasteiger partial charge in [-0.2, -0.15) is 5.21 Å². The molecule has 1 saturated carbocycles. The summed E-state index contributed by atoms with van der Waals surface area (Å²) in [4.78, 5) is 15.9. The third kappa shape index (κ3) is 2.70. The highest BCUT2D eigenvalue weighted by Crippen LogP contribution is 2.36. The summed E-state index contributed by atoms with van der Waals surface area (Å²) in [5.41, 5.74) is 1.34. The number of nitrogens with zero attached hydrogens (tertiary/aromatic N) is 5. The number of carbonyl (C=O) groups excluding carboxylic acids is 1. The van der Waals surface area contributed by atoms with E-state index in [4.69, 9.17) is 0 Å². The van der Waals surface area contributed by atoms with Gasteiger partial charge < -0.3 is 9.80 Å². The molecule has 1 aromatic heterocycles. The zero-order chi connectivity index (χ0) is 16.7. The second kappa shape index (κ2) is 5.81. The second-order valence-electron chi connectivity index (χ2n) is 6.07. The van der Waals surface area contributed by atoms with Crippen LogP contribution in [0.2, 0.25) is 0 Å². The van der Waals surface area contributed by atoms with Crippen molar-refractivity contribution in [3.05, 3.63) is 24.0 Å². The van der Waals surface area contributed by atoms with Crippen LogP contribution in [0.25, 0.3) is 11.4 Å². The Hall–Kier alpha value is -2.58. The van der Waals surface area contributed by atoms with Crippen molar-refractivity contribution in [3.8, 4) is 11.4 Å². The highest BCUT2D eigenvalue weighted by atomic mass is 19.1. The molecule has 0 spiro atoms. The monoisotopic (exact) mass is 334 g/mol. The average molecular weight is 334 g/mol. The van der Waals surface area contributed by atoms with Crippen LogP contribution < -0.4 is 4.90 Å². The van der Waals surface area contributed by atoms with Crippen molar-refractivity contribution >= 4 is 11.6 Å². The minimum absolute atomic E-state index is 0.0975. The van der Waals surface area contributed by atoms with Gasteiger partial charge >= 0.3 is 0 Å². The summed E-state index contributed by atoms with van der Waals surface area (Å²) in [6, 6.07) is 4.43. The number of hydrogen-bond acceptors (Lipinski definition) is 5. The van der Waals surface area contributed by atoms with Gasteiger partial charge in [-0.1, -0.05) is 0 Å². The fourth-order valence-corrected chi connectivity index (χ4v) is 3.06. The molecule has 9 heteroatoms. The predicted molar refractivity (Wildman–Crippen MR) is 81.4 cm³/mol. The molecule has 1 aliphatic heterocycles. The van der Waals surface area contributed by atoms with Crippen LogP contribution in [0.15, 0.2) is 18.2 Å². The van der Waals surface area contributed by atoms with Crippen molar-refractivity contribution in [2.45, 2.75) is 12.6 Å². The van der Waals surface area contributed by atoms with E-state index >= 15 is 0 Å². The van der Waals surface area contributed by atoms with E-state index in [1.165, 1.54) is 12.1 Å². The Bertz CT molecular complexity index is 744. The molecule has 2 atom stereocenters. The lowest BCUT2D eigenvalue weighted by Gasteiger charge is -2.36. The van der Waals surface area contributed by atoms with Crippen LogP contribution in [-0.2, 0) is 4.79 Å². The number of hydrogen-bond donors (Lipinski definition) is 1. The Labute approximate surface area is 136 Å². The Morgan fingerprint density at radius 1 is 1.25 bits per heavy atom. The maximum absolute atomic E-state index is 13.6. The van der Waals surface area contributed by atoms with E-state index in [1.807, 2.05) is 0 Å². The third-order valence-corrected chi connectivity index (χ3v) is 4.51. The summed E-state index contributed by atoms with van der Waals surface area (Å²) < 4.78 is 26.7. The van der Waals surface area contributed by atoms with Crippen LogP contribution >= 0.6 is 0 Å². The molecule has 2 heterocycles. The lowest BCUT2D eigenvalue weighted by Crippen LogP contribution is -2.49. The fourth-order valence-electron chi connectivity index (χ4n) is 3.06. The Morgan fingerprint density at radius 2 is 2.00 bits per heavy atom. The number of alkyl halides is 1. The molecule has 7 nitrogen and oxygen atoms in total. The Balaban J connectivity index is 1.51. The topological polar surface area (TPSA) is 78.0 Å². The first-order valence-corrected chi connectivity index (χ1v) is 7.84. The molecule has 2 fully saturated rings. The number of halogens is 2. The molecular weight excluding hydrogens is 318 g/mol. The van der Waals surface area contributed by atoms with Gasteiger partial charge in [-0.25, -0.2) is 8.78 Å². The Kier molecular flexibility index (Phi) is 3.62. The quantitative estimate of drug-likeness (QED) is 0.906. The summed E-state index contributed by atoms with van der Waals surface area (Å²) in [5.74, 6) is -0.603. The van der Waals surface area contributed by atoms with Gasteiger partial charge in [-0.15, -0.1) is 10.2 Å². The number of aromatic nitrogens is 4. The van der Waals surface area contributed by atoms with Crippen LogP contribution in [-0.4, -0.2) is 63.8 Å². The zero-order valence-corrected chi connectivity index (χ0v) is 12.8. The number of amides is 1. The van der Waals surface area contributed by atoms with Gasteiger partial charge in [-0.05, 0) is 29.8 Å². The lowest BCUT2D eigenvalue weighted by atomic mass is 10.1. The number of anilines is 1. The molecule has 0 unspecified atom stereocenters. The predicted octanol–water partition coefficient (Wildman–Crippen LogP) is 1.01. The number of nitrogens with one attached hydrogen (secondary N) is 1. The maximum Gasteiger partial charge on any atom is 0.228 e. The number of benzene rings is 1. The Morgan fingerprint density at radius 3 is 2.62 bits per heavy atom. The first-order valence-electron chi connectivity index (χ1n) is 7.84. The SMILES string of the molecule is O=C([C@@H]1C[C@H]1F)N1CCN(c2ccc(F)cc2-c2nn[nH]n2)CC1. The van der Waals surface area contributed by atoms with E-state index in [0.717, 1.165) is 5.69 Å². The molecular formula is C15H16F2N6O. The first kappa shape index (κ1) is 15.0. The molecule has 1 saturated heterocycles. The maximum atomic E-state index is 13.6. The summed E-state index contributed by atoms with van der Waals surface area (Å²) in [6.45, 7) is 2.22. The normalized spacial score (nSPS) is 23.4. The van der Waals surface area contributed by atoms with Crippen molar-refractivity contribution < 1.29 is 13.6 Å². The van der Waals surface area contributed by atoms with Crippen LogP contribution in [0, 0.1) is 11.7 Å². The number of tetrazole rings is 1. The molecule has 0 bridgehead atoms. The summed E-state index contributed by atoms with van der Waals surface area (Å²) in [6.07, 6.45) is -0.628. The van der Waals surface area contributed by atoms with Crippen molar-refractivity contribution in [1.82, 2.24) is 25.5 Å². The van der Waals surface area contributed by atoms with Gasteiger partial charge in [0.05, 0.1) is 5.92 Å². The van der Waals surface area contributed by atoms with Gasteiger partial charge in [0.1, 0.15) is 12.0 Å². The van der Waals surface area contributed by atoms with Crippen molar-refractivity contribution in [3.63, 3.8) is 0 Å². The number of carbonyl (C=O) groups is 1. The lowest BCUT2D eigenvalue weighted by molar-refractivity contribution is -0.133. The van der Waals surface area contributed by atoms with E-state index in [-0.39, 0.29) is 11.7 Å². The second-order valence-corrected chi connectivity index (χ2v) is 6.07. The largest absolute Gasteiger partial charge is 0.367 e. The molecule has 1 N–H and O–H groups in total. The fraction of sp³-hybridized carbons (Fsp3) is 0.467. The smallest absolute Gasteiger partial charge is 0.228 e. The van der Waals surface area contributed by atoms with Gasteiger partial charge in [0, 0.05) is 37.4 Å². The number of H-pyrrole nitrogens is 1. The molecule has 0 radical (unpaired) electrons. The standard InChI is InChI=1S/C15H16F2N6O/c16-9-1-2-13(11(7-9)14-18-20-21-19-14)22-3-5-23(6-4-22)15(24)10-8-12(10)17/h1-2,7,10,12H,3-6,8H2,(H,18,19,20,21)/t10-,12-/m1/s1. The van der Waals surface area contributed by atoms with Crippen molar-refractivity contribution in [2.75, 3.05) is 31.1 Å². The average Bonchev–Trinajstić information content (AvgIpc) is 3.10. The van der Waals surface area contributed by atoms with Crippen LogP contribution in [0.5, 0.6) is 0 Å². The third-order valence-electron chi connectivity index (χ3n) is 4.51. The summed E-state index contributed by atoms with van der Waals surface area (Å²) >= 11 is 0. The van der Waals surface area contributed by atoms with E-state index < -0.39 is 12.1 Å². The molecule has 1 aromatic carbocycles. The molecule has 2 aromatic rings. The summed E-state index contributed by atoms with van der Waals surface area (Å²) in [7, 11) is 0. The first-order chi connectivity index (χ1) is 11.6. The number of aromatic amines is 1. The minimum Gasteiger partial charge on any atom is -0.367 e. The zero-order valence-electron chi connectivity index (χ0n) is 12.8. The number of rotatable bonds is 3. The summed E-state index contributed by atoms with van der Waals surface area (Å²) in [5, 5.41) is 13.7. The van der Waals surface area contributed by atoms with E-state index in [9.17, 15) is 13.6 Å². The highest BCUT2D eigenvalue weighted by Gasteiger charge is 2.46. The van der Waals surface area contributed by atoms with Gasteiger partial charge in [0.15, 0.2) is 0 Å². The van der Waals surface area contributed by atoms with Crippen molar-refractivity contribution in [2.24, 2.45) is 5.92 Å². The number of piperazine rings is 1. The van der Waals surface area contributed by atoms with E-state index in [1.54, 1.807) is 11.0 Å². The minimum atomic E-state index is -0.975. The molecule has 2 aliphatic rings. The molecule has 4 rings (SSSR count). The van der Waals surface area contributed by atoms with E-state index in [0.29, 0.717) is 44.0 Å². The molecule has 24 heavy (non-hydrogen) atoms. The van der Waals surface area contributed by atoms with Crippen molar-refractivity contribution in [1.29, 1.82) is 0 Å². The molecule has 1 aliphatic carbocycles. The van der Waals surface area contributed by atoms with Gasteiger partial charge in [0.25, 0.3) is 0 Å². The van der Waals surface area contributed by atoms with Gasteiger partial charge in [0.2, 0.25) is 11.7 Å². The molecule has 1 amide bonds. The van der Waals surface area contributed by atoms with Crippen LogP contribution in [0.3, 0.4) is 0 Å². The van der Waals surface area contributed by atoms with E-state index in [2.05, 4.69) is 25.5 Å². The van der Waals surface area contributed by atoms with Gasteiger partial charge in [-0.3, -0.25) is 4.79 Å². The van der Waals surface area contributed by atoms with Crippen LogP contribution in [0.1, 0.15) is 6.42 Å². The molecule has 126 valence electrons. The highest BCUT2D eigenvalue weighted by molar-refractivity contribution is 5.82. The van der Waals surface area contributed by atoms with Crippen LogP contribution in [0.4, 0.5) is 14.5 Å².